The van der Waals surface area contributed by atoms with Gasteiger partial charge in [0.15, 0.2) is 0 Å². The van der Waals surface area contributed by atoms with E-state index in [1.54, 1.807) is 13.8 Å². The average molecular weight is 160 g/mol. The van der Waals surface area contributed by atoms with Crippen molar-refractivity contribution in [2.45, 2.75) is 70.1 Å². The van der Waals surface area contributed by atoms with E-state index in [-0.39, 0.29) is 22.2 Å². The highest BCUT2D eigenvalue weighted by Crippen LogP contribution is 1.56. The minimum atomic E-state index is -0.250. The molecule has 0 saturated carbocycles. The minimum Gasteiger partial charge on any atom is -0.0776 e. The fourth-order valence-electron chi connectivity index (χ4n) is 0. The summed E-state index contributed by atoms with van der Waals surface area (Å²) in [6, 6.07) is 0. The summed E-state index contributed by atoms with van der Waals surface area (Å²) < 4.78 is 24.2. The SMILES string of the molecule is C.C.CCC.[3H]CC.[3H]CC.[3H]C[3H]. The topological polar surface area (TPSA) is 0 Å². The van der Waals surface area contributed by atoms with Gasteiger partial charge in [-0.3, -0.25) is 0 Å². The molecule has 0 unspecified atom stereocenters. The smallest absolute Gasteiger partial charge is 0.0228 e. The first-order chi connectivity index (χ1) is 5.66. The van der Waals surface area contributed by atoms with Crippen molar-refractivity contribution in [1.29, 1.82) is 0 Å². The second-order valence-electron chi connectivity index (χ2n) is 0.707. The molecular weight excluding hydrogens is 120 g/mol. The van der Waals surface area contributed by atoms with Crippen LogP contribution in [-0.4, -0.2) is 0 Å². The van der Waals surface area contributed by atoms with E-state index in [1.165, 1.54) is 6.42 Å². The third kappa shape index (κ3) is 0. The van der Waals surface area contributed by atoms with Gasteiger partial charge in [-0.2, -0.15) is 0 Å². The normalized spacial score (nSPS) is 7.60. The van der Waals surface area contributed by atoms with Crippen LogP contribution in [0.15, 0.2) is 0 Å². The number of hydrogen-bond acceptors (Lipinski definition) is 0. The molecule has 0 aliphatic carbocycles. The highest BCUT2D eigenvalue weighted by Gasteiger charge is 1.35. The van der Waals surface area contributed by atoms with E-state index in [1.807, 2.05) is 0 Å². The van der Waals surface area contributed by atoms with Crippen LogP contribution in [0.5, 0.6) is 0 Å². The van der Waals surface area contributed by atoms with Crippen LogP contribution in [0.1, 0.15) is 75.6 Å². The molecule has 0 aliphatic heterocycles. The van der Waals surface area contributed by atoms with E-state index in [4.69, 9.17) is 5.48 Å². The van der Waals surface area contributed by atoms with Gasteiger partial charge in [0.25, 0.3) is 0 Å². The molecule has 0 rings (SSSR count). The molecule has 0 bridgehead atoms. The van der Waals surface area contributed by atoms with Gasteiger partial charge in [-0.15, -0.1) is 0 Å². The van der Waals surface area contributed by atoms with Crippen LogP contribution in [0.2, 0.25) is 0 Å². The highest BCUT2D eigenvalue weighted by atomic mass is 13.4. The van der Waals surface area contributed by atoms with E-state index < -0.39 is 0 Å². The molecule has 0 aromatic carbocycles. The molecule has 0 amide bonds. The van der Waals surface area contributed by atoms with E-state index in [9.17, 15) is 0 Å². The largest absolute Gasteiger partial charge is 0.0776 e. The molecule has 0 heterocycles. The zero-order chi connectivity index (χ0) is 10.8. The maximum Gasteiger partial charge on any atom is 0.0228 e. The molecule has 0 aromatic rings. The molecule has 0 aliphatic rings. The van der Waals surface area contributed by atoms with Crippen molar-refractivity contribution in [2.75, 3.05) is 0 Å². The number of rotatable bonds is 0. The Balaban J connectivity index is -0.0000000145. The summed E-state index contributed by atoms with van der Waals surface area (Å²) in [7, 11) is -0.250. The average Bonchev–Trinajstić information content (AvgIpc) is 1.92. The van der Waals surface area contributed by atoms with Gasteiger partial charge in [0.1, 0.15) is 0 Å². The van der Waals surface area contributed by atoms with Crippen molar-refractivity contribution in [3.05, 3.63) is 0 Å². The van der Waals surface area contributed by atoms with Gasteiger partial charge >= 0.3 is 0 Å². The summed E-state index contributed by atoms with van der Waals surface area (Å²) in [5.74, 6) is 0. The summed E-state index contributed by atoms with van der Waals surface area (Å²) in [4.78, 5) is 0. The molecule has 0 heteroatoms. The molecule has 0 aromatic heterocycles. The van der Waals surface area contributed by atoms with Gasteiger partial charge in [0.2, 0.25) is 0 Å². The van der Waals surface area contributed by atoms with Crippen molar-refractivity contribution in [2.24, 2.45) is 0 Å². The second-order valence-corrected chi connectivity index (χ2v) is 0.707. The van der Waals surface area contributed by atoms with E-state index in [0.29, 0.717) is 13.8 Å². The molecule has 0 spiro atoms. The molecule has 10 heavy (non-hydrogen) atoms. The third-order valence-electron chi connectivity index (χ3n) is 0. The Morgan fingerprint density at radius 1 is 1.10 bits per heavy atom. The van der Waals surface area contributed by atoms with Gasteiger partial charge in [-0.25, -0.2) is 0 Å². The lowest BCUT2D eigenvalue weighted by molar-refractivity contribution is 1.09. The van der Waals surface area contributed by atoms with E-state index in [2.05, 4.69) is 13.8 Å². The van der Waals surface area contributed by atoms with Gasteiger partial charge in [0.05, 0.1) is 0 Å². The van der Waals surface area contributed by atoms with Crippen molar-refractivity contribution >= 4 is 0 Å². The van der Waals surface area contributed by atoms with Crippen LogP contribution < -0.4 is 0 Å². The molecular formula is C10H32. The molecule has 0 saturated heterocycles. The predicted octanol–water partition coefficient (Wildman–Crippen LogP) is 5.38. The molecule has 0 N–H and O–H groups in total. The highest BCUT2D eigenvalue weighted by molar-refractivity contribution is 3.92. The first kappa shape index (κ1) is 12.7. The van der Waals surface area contributed by atoms with Crippen LogP contribution in [-0.2, 0) is 0 Å². The molecule has 0 fully saturated rings. The lowest BCUT2D eigenvalue weighted by atomic mass is 10.6. The second kappa shape index (κ2) is 576. The fraction of sp³-hybridized carbons (Fsp3) is 1.00. The first-order valence-electron chi connectivity index (χ1n) is 5.66. The lowest BCUT2D eigenvalue weighted by Gasteiger charge is -1.48. The molecule has 0 radical (unpaired) electrons. The Bertz CT molecular complexity index is 20.1. The molecule has 0 nitrogen and oxygen atoms in total. The van der Waals surface area contributed by atoms with Crippen LogP contribution in [0.25, 0.3) is 0 Å². The first-order valence-corrected chi connectivity index (χ1v) is 2.83. The van der Waals surface area contributed by atoms with Crippen LogP contribution in [0, 0.1) is 0 Å². The quantitative estimate of drug-likeness (QED) is 0.446. The molecule has 0 atom stereocenters. The monoisotopic (exact) mass is 160 g/mol. The van der Waals surface area contributed by atoms with Crippen LogP contribution in [0.4, 0.5) is 0 Å². The van der Waals surface area contributed by atoms with Crippen molar-refractivity contribution in [3.8, 4) is 0 Å². The third-order valence-corrected chi connectivity index (χ3v) is 0. The minimum absolute atomic E-state index is 0. The predicted molar refractivity (Wildman–Crippen MR) is 58.9 cm³/mol. The lowest BCUT2D eigenvalue weighted by Crippen LogP contribution is -1.27. The van der Waals surface area contributed by atoms with E-state index >= 15 is 0 Å². The fourth-order valence-corrected chi connectivity index (χ4v) is 0. The van der Waals surface area contributed by atoms with Crippen LogP contribution >= 0.6 is 0 Å². The maximum atomic E-state index is 6.21. The van der Waals surface area contributed by atoms with E-state index in [0.717, 1.165) is 0 Å². The Kier molecular flexibility index (Phi) is 729. The number of hydrogen-bond donors (Lipinski definition) is 0. The summed E-state index contributed by atoms with van der Waals surface area (Å²) in [5.41, 5.74) is 0. The zero-order valence-electron chi connectivity index (χ0n) is 10.8. The maximum absolute atomic E-state index is 6.21. The van der Waals surface area contributed by atoms with Crippen molar-refractivity contribution < 1.29 is 5.48 Å². The summed E-state index contributed by atoms with van der Waals surface area (Å²) in [5, 5.41) is 0. The van der Waals surface area contributed by atoms with Gasteiger partial charge in [-0.1, -0.05) is 70.1 Å². The standard InChI is InChI=1S/C3H8.2C2H6.3CH4/c1-3-2;2*1-2;;;/h3H2,1-2H3;2*1-2H3;3*1H4/i;2*1T;1T2;;. The van der Waals surface area contributed by atoms with Crippen molar-refractivity contribution in [3.63, 3.8) is 0 Å². The Morgan fingerprint density at radius 2 is 1.10 bits per heavy atom. The Hall–Kier alpha value is 0. The Morgan fingerprint density at radius 3 is 1.10 bits per heavy atom. The van der Waals surface area contributed by atoms with Crippen molar-refractivity contribution in [1.82, 2.24) is 0 Å². The summed E-state index contributed by atoms with van der Waals surface area (Å²) >= 11 is 0. The summed E-state index contributed by atoms with van der Waals surface area (Å²) in [6.45, 7) is 8.83. The van der Waals surface area contributed by atoms with Gasteiger partial charge < -0.3 is 0 Å². The zero-order valence-corrected chi connectivity index (χ0v) is 6.83. The van der Waals surface area contributed by atoms with Gasteiger partial charge in [0, 0.05) is 5.48 Å². The Labute approximate surface area is 76.7 Å². The van der Waals surface area contributed by atoms with Crippen LogP contribution in [0.3, 0.4) is 0 Å². The summed E-state index contributed by atoms with van der Waals surface area (Å²) in [6.07, 6.45) is 1.25. The van der Waals surface area contributed by atoms with Gasteiger partial charge in [-0.05, 0) is 0 Å². The molecule has 72 valence electrons.